The summed E-state index contributed by atoms with van der Waals surface area (Å²) in [5, 5.41) is 9.87. The first-order valence-corrected chi connectivity index (χ1v) is 9.21. The van der Waals surface area contributed by atoms with Gasteiger partial charge in [0.15, 0.2) is 23.0 Å². The highest BCUT2D eigenvalue weighted by Gasteiger charge is 2.37. The summed E-state index contributed by atoms with van der Waals surface area (Å²) in [7, 11) is 3.18. The Morgan fingerprint density at radius 2 is 1.76 bits per heavy atom. The lowest BCUT2D eigenvalue weighted by Crippen LogP contribution is -2.20. The van der Waals surface area contributed by atoms with E-state index < -0.39 is 0 Å². The van der Waals surface area contributed by atoms with Gasteiger partial charge in [0.05, 0.1) is 26.7 Å². The molecular formula is C22H23NO6. The van der Waals surface area contributed by atoms with Gasteiger partial charge in [-0.2, -0.15) is 0 Å². The van der Waals surface area contributed by atoms with Crippen molar-refractivity contribution in [2.24, 2.45) is 11.8 Å². The fourth-order valence-electron chi connectivity index (χ4n) is 3.52. The second-order valence-electron chi connectivity index (χ2n) is 6.83. The zero-order valence-electron chi connectivity index (χ0n) is 16.4. The van der Waals surface area contributed by atoms with E-state index in [1.54, 1.807) is 26.4 Å². The van der Waals surface area contributed by atoms with Crippen LogP contribution in [-0.2, 0) is 22.4 Å². The molecular weight excluding hydrogens is 374 g/mol. The number of aromatic hydroxyl groups is 1. The van der Waals surface area contributed by atoms with Crippen LogP contribution in [0.25, 0.3) is 4.85 Å². The zero-order valence-corrected chi connectivity index (χ0v) is 16.4. The van der Waals surface area contributed by atoms with Crippen molar-refractivity contribution >= 4 is 5.97 Å². The Morgan fingerprint density at radius 1 is 1.07 bits per heavy atom. The zero-order chi connectivity index (χ0) is 20.8. The third-order valence-electron chi connectivity index (χ3n) is 5.02. The third-order valence-corrected chi connectivity index (χ3v) is 5.02. The molecule has 1 aliphatic heterocycles. The molecule has 152 valence electrons. The summed E-state index contributed by atoms with van der Waals surface area (Å²) in [6, 6.07) is 10.6. The van der Waals surface area contributed by atoms with Crippen molar-refractivity contribution in [3.63, 3.8) is 0 Å². The van der Waals surface area contributed by atoms with Gasteiger partial charge in [-0.25, -0.2) is 6.57 Å². The predicted octanol–water partition coefficient (Wildman–Crippen LogP) is 3.24. The molecule has 0 unspecified atom stereocenters. The van der Waals surface area contributed by atoms with E-state index in [2.05, 4.69) is 4.85 Å². The fraction of sp³-hybridized carbons (Fsp3) is 0.364. The Kier molecular flexibility index (Phi) is 6.45. The van der Waals surface area contributed by atoms with Gasteiger partial charge in [-0.1, -0.05) is 12.1 Å². The van der Waals surface area contributed by atoms with Crippen molar-refractivity contribution in [2.75, 3.05) is 27.6 Å². The van der Waals surface area contributed by atoms with Gasteiger partial charge < -0.3 is 24.1 Å². The molecule has 2 aromatic rings. The molecule has 29 heavy (non-hydrogen) atoms. The van der Waals surface area contributed by atoms with Crippen LogP contribution in [0.15, 0.2) is 36.4 Å². The molecule has 1 N–H and O–H groups in total. The van der Waals surface area contributed by atoms with Crippen molar-refractivity contribution in [2.45, 2.75) is 12.8 Å². The maximum Gasteiger partial charge on any atom is 0.357 e. The topological polar surface area (TPSA) is 78.6 Å². The highest BCUT2D eigenvalue weighted by Crippen LogP contribution is 2.34. The molecule has 0 bridgehead atoms. The van der Waals surface area contributed by atoms with Crippen molar-refractivity contribution in [3.8, 4) is 23.0 Å². The van der Waals surface area contributed by atoms with E-state index in [1.807, 2.05) is 18.2 Å². The first-order chi connectivity index (χ1) is 14.0. The minimum atomic E-state index is -0.304. The van der Waals surface area contributed by atoms with Crippen LogP contribution in [0, 0.1) is 18.4 Å². The average molecular weight is 397 g/mol. The first-order valence-electron chi connectivity index (χ1n) is 9.21. The predicted molar refractivity (Wildman–Crippen MR) is 105 cm³/mol. The van der Waals surface area contributed by atoms with Crippen molar-refractivity contribution in [1.29, 1.82) is 0 Å². The molecule has 7 nitrogen and oxygen atoms in total. The number of esters is 1. The van der Waals surface area contributed by atoms with E-state index in [1.165, 1.54) is 6.07 Å². The summed E-state index contributed by atoms with van der Waals surface area (Å²) < 4.78 is 21.2. The number of phenolic OH excluding ortho intramolecular Hbond substituents is 1. The molecule has 0 aromatic heterocycles. The van der Waals surface area contributed by atoms with E-state index in [-0.39, 0.29) is 36.0 Å². The van der Waals surface area contributed by atoms with Crippen molar-refractivity contribution < 1.29 is 28.8 Å². The largest absolute Gasteiger partial charge is 0.504 e. The van der Waals surface area contributed by atoms with E-state index in [0.717, 1.165) is 11.1 Å². The number of benzene rings is 2. The normalized spacial score (nSPS) is 18.0. The first kappa shape index (κ1) is 20.3. The molecule has 0 saturated carbocycles. The summed E-state index contributed by atoms with van der Waals surface area (Å²) in [4.78, 5) is 15.5. The lowest BCUT2D eigenvalue weighted by Gasteiger charge is -2.17. The van der Waals surface area contributed by atoms with Crippen LogP contribution in [-0.4, -0.2) is 38.6 Å². The number of phenols is 1. The summed E-state index contributed by atoms with van der Waals surface area (Å²) in [6.07, 6.45) is 1.13. The van der Waals surface area contributed by atoms with Gasteiger partial charge in [0.2, 0.25) is 0 Å². The molecule has 1 fully saturated rings. The van der Waals surface area contributed by atoms with Gasteiger partial charge in [0, 0.05) is 5.92 Å². The standard InChI is InChI=1S/C22H23NO6/c1-23-13-29-20-10-15(4-6-18(20)24)9-17-16(12-28-22(17)25)8-14-5-7-19(26-2)21(11-14)27-3/h4-7,10-11,16-17,24H,8-9,12-13H2,2-3H3/t16-,17+/m0/s1. The molecule has 0 aliphatic carbocycles. The lowest BCUT2D eigenvalue weighted by molar-refractivity contribution is -0.141. The summed E-state index contributed by atoms with van der Waals surface area (Å²) in [5.41, 5.74) is 1.87. The summed E-state index contributed by atoms with van der Waals surface area (Å²) in [6.45, 7) is 6.99. The number of carbonyl (C=O) groups excluding carboxylic acids is 1. The molecule has 2 atom stereocenters. The van der Waals surface area contributed by atoms with Gasteiger partial charge in [-0.15, -0.1) is 0 Å². The minimum Gasteiger partial charge on any atom is -0.504 e. The Balaban J connectivity index is 1.75. The number of rotatable bonds is 8. The molecule has 3 rings (SSSR count). The maximum atomic E-state index is 12.3. The average Bonchev–Trinajstić information content (AvgIpc) is 3.07. The smallest absolute Gasteiger partial charge is 0.357 e. The number of cyclic esters (lactones) is 1. The third kappa shape index (κ3) is 4.72. The molecule has 1 heterocycles. The maximum absolute atomic E-state index is 12.3. The second-order valence-corrected chi connectivity index (χ2v) is 6.83. The van der Waals surface area contributed by atoms with Crippen LogP contribution >= 0.6 is 0 Å². The molecule has 0 amide bonds. The van der Waals surface area contributed by atoms with Crippen LogP contribution in [0.3, 0.4) is 0 Å². The Labute approximate surface area is 169 Å². The Hall–Kier alpha value is -3.40. The lowest BCUT2D eigenvalue weighted by atomic mass is 9.85. The van der Waals surface area contributed by atoms with E-state index in [4.69, 9.17) is 25.5 Å². The molecule has 7 heteroatoms. The molecule has 0 spiro atoms. The van der Waals surface area contributed by atoms with Gasteiger partial charge in [-0.3, -0.25) is 9.64 Å². The highest BCUT2D eigenvalue weighted by molar-refractivity contribution is 5.75. The van der Waals surface area contributed by atoms with Crippen molar-refractivity contribution in [3.05, 3.63) is 58.9 Å². The molecule has 0 radical (unpaired) electrons. The highest BCUT2D eigenvalue weighted by atomic mass is 16.5. The van der Waals surface area contributed by atoms with Crippen LogP contribution in [0.5, 0.6) is 23.0 Å². The SMILES string of the molecule is [C-]#[N+]COc1cc(C[C@H]2C(=O)OC[C@@H]2Cc2ccc(OC)c(OC)c2)ccc1O. The van der Waals surface area contributed by atoms with Crippen LogP contribution < -0.4 is 14.2 Å². The quantitative estimate of drug-likeness (QED) is 0.544. The number of carbonyl (C=O) groups is 1. The van der Waals surface area contributed by atoms with Gasteiger partial charge >= 0.3 is 12.7 Å². The van der Waals surface area contributed by atoms with Crippen LogP contribution in [0.1, 0.15) is 11.1 Å². The van der Waals surface area contributed by atoms with Gasteiger partial charge in [-0.05, 0) is 48.2 Å². The Morgan fingerprint density at radius 3 is 2.48 bits per heavy atom. The number of hydrogen-bond acceptors (Lipinski definition) is 6. The van der Waals surface area contributed by atoms with E-state index in [9.17, 15) is 9.90 Å². The molecule has 2 aromatic carbocycles. The van der Waals surface area contributed by atoms with Crippen LogP contribution in [0.4, 0.5) is 0 Å². The van der Waals surface area contributed by atoms with E-state index >= 15 is 0 Å². The van der Waals surface area contributed by atoms with E-state index in [0.29, 0.717) is 30.9 Å². The summed E-state index contributed by atoms with van der Waals surface area (Å²) in [5.74, 6) is 0.986. The number of methoxy groups -OCH3 is 2. The fourth-order valence-corrected chi connectivity index (χ4v) is 3.52. The minimum absolute atomic E-state index is 0.0158. The van der Waals surface area contributed by atoms with Crippen LogP contribution in [0.2, 0.25) is 0 Å². The number of hydrogen-bond donors (Lipinski definition) is 1. The second kappa shape index (κ2) is 9.20. The van der Waals surface area contributed by atoms with Crippen molar-refractivity contribution in [1.82, 2.24) is 0 Å². The van der Waals surface area contributed by atoms with Gasteiger partial charge in [0.25, 0.3) is 0 Å². The Bertz CT molecular complexity index is 920. The number of nitrogens with zero attached hydrogens (tertiary/aromatic N) is 1. The molecule has 1 saturated heterocycles. The summed E-state index contributed by atoms with van der Waals surface area (Å²) >= 11 is 0. The van der Waals surface area contributed by atoms with Gasteiger partial charge in [0.1, 0.15) is 0 Å². The number of ether oxygens (including phenoxy) is 4. The monoisotopic (exact) mass is 397 g/mol. The molecule has 1 aliphatic rings.